The molecule has 1 aliphatic carbocycles. The number of hydrogen-bond acceptors (Lipinski definition) is 6. The molecule has 8 heteroatoms. The molecule has 1 fully saturated rings. The van der Waals surface area contributed by atoms with Crippen LogP contribution in [-0.4, -0.2) is 28.0 Å². The Kier molecular flexibility index (Phi) is 5.32. The highest BCUT2D eigenvalue weighted by atomic mass is 19.1. The van der Waals surface area contributed by atoms with Crippen LogP contribution in [0.15, 0.2) is 24.5 Å². The molecule has 1 saturated carbocycles. The molecule has 0 unspecified atom stereocenters. The van der Waals surface area contributed by atoms with Crippen molar-refractivity contribution in [3.63, 3.8) is 0 Å². The predicted octanol–water partition coefficient (Wildman–Crippen LogP) is 2.45. The van der Waals surface area contributed by atoms with Crippen LogP contribution in [0.2, 0.25) is 0 Å². The van der Waals surface area contributed by atoms with E-state index in [1.165, 1.54) is 0 Å². The number of amides is 1. The topological polar surface area (TPSA) is 119 Å². The summed E-state index contributed by atoms with van der Waals surface area (Å²) in [6, 6.07) is 2.82. The molecule has 138 valence electrons. The van der Waals surface area contributed by atoms with E-state index in [9.17, 15) is 9.18 Å². The van der Waals surface area contributed by atoms with Gasteiger partial charge >= 0.3 is 0 Å². The lowest BCUT2D eigenvalue weighted by Crippen LogP contribution is -2.43. The number of nitrogens with zero attached hydrogens (tertiary/aromatic N) is 2. The van der Waals surface area contributed by atoms with Gasteiger partial charge in [0.2, 0.25) is 0 Å². The molecule has 6 N–H and O–H groups in total. The van der Waals surface area contributed by atoms with Gasteiger partial charge in [-0.25, -0.2) is 9.37 Å². The minimum Gasteiger partial charge on any atom is -0.365 e. The average Bonchev–Trinajstić information content (AvgIpc) is 2.59. The molecule has 26 heavy (non-hydrogen) atoms. The van der Waals surface area contributed by atoms with Crippen LogP contribution in [-0.2, 0) is 0 Å². The molecule has 1 amide bonds. The lowest BCUT2D eigenvalue weighted by Gasteiger charge is -2.30. The number of primary amides is 1. The van der Waals surface area contributed by atoms with Crippen molar-refractivity contribution in [3.05, 3.63) is 41.5 Å². The molecule has 3 rings (SSSR count). The molecule has 2 aromatic rings. The third-order valence-electron chi connectivity index (χ3n) is 4.52. The highest BCUT2D eigenvalue weighted by Gasteiger charge is 2.24. The van der Waals surface area contributed by atoms with Gasteiger partial charge < -0.3 is 22.1 Å². The zero-order valence-corrected chi connectivity index (χ0v) is 14.6. The molecular formula is C18H23FN6O. The number of nitrogens with two attached hydrogens (primary N) is 2. The smallest absolute Gasteiger partial charge is 0.252 e. The normalized spacial score (nSPS) is 19.8. The van der Waals surface area contributed by atoms with Gasteiger partial charge in [0.25, 0.3) is 5.91 Å². The SMILES string of the molecule is Cc1cncc(Nc2nc(N[C@H]3CCCC[C@H]3N)c(F)cc2C(N)=O)c1. The van der Waals surface area contributed by atoms with E-state index in [4.69, 9.17) is 11.5 Å². The number of aryl methyl sites for hydroxylation is 1. The van der Waals surface area contributed by atoms with Gasteiger partial charge in [-0.05, 0) is 37.5 Å². The summed E-state index contributed by atoms with van der Waals surface area (Å²) in [7, 11) is 0. The Balaban J connectivity index is 1.92. The van der Waals surface area contributed by atoms with Crippen LogP contribution >= 0.6 is 0 Å². The lowest BCUT2D eigenvalue weighted by atomic mass is 9.91. The van der Waals surface area contributed by atoms with Gasteiger partial charge in [0, 0.05) is 18.3 Å². The number of anilines is 3. The maximum absolute atomic E-state index is 14.5. The fraction of sp³-hybridized carbons (Fsp3) is 0.389. The number of rotatable bonds is 5. The second-order valence-electron chi connectivity index (χ2n) is 6.65. The van der Waals surface area contributed by atoms with Crippen LogP contribution in [0.4, 0.5) is 21.7 Å². The minimum atomic E-state index is -0.763. The summed E-state index contributed by atoms with van der Waals surface area (Å²) in [5, 5.41) is 6.08. The number of hydrogen-bond donors (Lipinski definition) is 4. The molecule has 2 heterocycles. The first-order valence-electron chi connectivity index (χ1n) is 8.65. The second-order valence-corrected chi connectivity index (χ2v) is 6.65. The molecule has 0 aliphatic heterocycles. The van der Waals surface area contributed by atoms with Crippen molar-refractivity contribution in [2.45, 2.75) is 44.7 Å². The summed E-state index contributed by atoms with van der Waals surface area (Å²) in [4.78, 5) is 20.1. The van der Waals surface area contributed by atoms with Gasteiger partial charge in [-0.3, -0.25) is 9.78 Å². The minimum absolute atomic E-state index is 0.0255. The number of aromatic nitrogens is 2. The Morgan fingerprint density at radius 2 is 2.00 bits per heavy atom. The number of pyridine rings is 2. The third-order valence-corrected chi connectivity index (χ3v) is 4.52. The molecule has 7 nitrogen and oxygen atoms in total. The Morgan fingerprint density at radius 3 is 2.69 bits per heavy atom. The van der Waals surface area contributed by atoms with Gasteiger partial charge in [-0.15, -0.1) is 0 Å². The second kappa shape index (κ2) is 7.65. The molecular weight excluding hydrogens is 335 g/mol. The van der Waals surface area contributed by atoms with Crippen molar-refractivity contribution in [2.24, 2.45) is 11.5 Å². The zero-order valence-electron chi connectivity index (χ0n) is 14.6. The Labute approximate surface area is 151 Å². The van der Waals surface area contributed by atoms with Crippen molar-refractivity contribution in [1.82, 2.24) is 9.97 Å². The standard InChI is InChI=1S/C18H23FN6O/c1-10-6-11(9-22-8-10)23-17-12(16(21)26)7-13(19)18(25-17)24-15-5-3-2-4-14(15)20/h6-9,14-15H,2-5,20H2,1H3,(H2,21,26)(H2,23,24,25)/t14-,15+/m1/s1. The van der Waals surface area contributed by atoms with E-state index in [2.05, 4.69) is 20.6 Å². The molecule has 0 bridgehead atoms. The summed E-state index contributed by atoms with van der Waals surface area (Å²) in [5.41, 5.74) is 13.0. The highest BCUT2D eigenvalue weighted by molar-refractivity contribution is 5.98. The van der Waals surface area contributed by atoms with Gasteiger partial charge in [-0.2, -0.15) is 0 Å². The van der Waals surface area contributed by atoms with E-state index in [-0.39, 0.29) is 29.3 Å². The van der Waals surface area contributed by atoms with E-state index in [0.29, 0.717) is 5.69 Å². The van der Waals surface area contributed by atoms with Crippen LogP contribution in [0.1, 0.15) is 41.6 Å². The van der Waals surface area contributed by atoms with Crippen molar-refractivity contribution < 1.29 is 9.18 Å². The van der Waals surface area contributed by atoms with Crippen LogP contribution in [0, 0.1) is 12.7 Å². The molecule has 0 aromatic carbocycles. The third kappa shape index (κ3) is 4.08. The van der Waals surface area contributed by atoms with Gasteiger partial charge in [0.15, 0.2) is 11.6 Å². The van der Waals surface area contributed by atoms with Gasteiger partial charge in [0.05, 0.1) is 17.4 Å². The van der Waals surface area contributed by atoms with Crippen LogP contribution in [0.25, 0.3) is 0 Å². The number of nitrogens with one attached hydrogen (secondary N) is 2. The van der Waals surface area contributed by atoms with Gasteiger partial charge in [-0.1, -0.05) is 12.8 Å². The van der Waals surface area contributed by atoms with Crippen molar-refractivity contribution in [1.29, 1.82) is 0 Å². The monoisotopic (exact) mass is 358 g/mol. The van der Waals surface area contributed by atoms with E-state index in [1.54, 1.807) is 12.4 Å². The first kappa shape index (κ1) is 18.1. The molecule has 2 aromatic heterocycles. The zero-order chi connectivity index (χ0) is 18.7. The highest BCUT2D eigenvalue weighted by Crippen LogP contribution is 2.26. The lowest BCUT2D eigenvalue weighted by molar-refractivity contribution is 0.100. The summed E-state index contributed by atoms with van der Waals surface area (Å²) >= 11 is 0. The van der Waals surface area contributed by atoms with E-state index in [1.807, 2.05) is 13.0 Å². The fourth-order valence-corrected chi connectivity index (χ4v) is 3.15. The maximum Gasteiger partial charge on any atom is 0.252 e. The van der Waals surface area contributed by atoms with Crippen LogP contribution in [0.3, 0.4) is 0 Å². The maximum atomic E-state index is 14.5. The van der Waals surface area contributed by atoms with E-state index in [0.717, 1.165) is 37.3 Å². The van der Waals surface area contributed by atoms with Crippen molar-refractivity contribution in [3.8, 4) is 0 Å². The van der Waals surface area contributed by atoms with E-state index >= 15 is 0 Å². The number of carbonyl (C=O) groups is 1. The van der Waals surface area contributed by atoms with Crippen LogP contribution < -0.4 is 22.1 Å². The van der Waals surface area contributed by atoms with Crippen molar-refractivity contribution in [2.75, 3.05) is 10.6 Å². The molecule has 2 atom stereocenters. The first-order valence-corrected chi connectivity index (χ1v) is 8.65. The molecule has 0 radical (unpaired) electrons. The first-order chi connectivity index (χ1) is 12.4. The van der Waals surface area contributed by atoms with Gasteiger partial charge in [0.1, 0.15) is 5.82 Å². The quantitative estimate of drug-likeness (QED) is 0.652. The summed E-state index contributed by atoms with van der Waals surface area (Å²) < 4.78 is 14.5. The fourth-order valence-electron chi connectivity index (χ4n) is 3.15. The van der Waals surface area contributed by atoms with Crippen LogP contribution in [0.5, 0.6) is 0 Å². The Morgan fingerprint density at radius 1 is 1.23 bits per heavy atom. The largest absolute Gasteiger partial charge is 0.365 e. The number of halogens is 1. The van der Waals surface area contributed by atoms with E-state index < -0.39 is 11.7 Å². The Bertz CT molecular complexity index is 812. The molecule has 0 saturated heterocycles. The summed E-state index contributed by atoms with van der Waals surface area (Å²) in [6.45, 7) is 1.89. The Hall–Kier alpha value is -2.74. The number of carbonyl (C=O) groups excluding carboxylic acids is 1. The predicted molar refractivity (Wildman–Crippen MR) is 98.8 cm³/mol. The van der Waals surface area contributed by atoms with Crippen molar-refractivity contribution >= 4 is 23.2 Å². The summed E-state index contributed by atoms with van der Waals surface area (Å²) in [6.07, 6.45) is 7.14. The molecule has 0 spiro atoms. The molecule has 1 aliphatic rings. The summed E-state index contributed by atoms with van der Waals surface area (Å²) in [5.74, 6) is -1.16. The average molecular weight is 358 g/mol.